The SMILES string of the molecule is CC(CC(=O)O)[C@H](N)C(=O)CC[C@@H](N)C(=O)O. The van der Waals surface area contributed by atoms with Gasteiger partial charge in [-0.2, -0.15) is 0 Å². The van der Waals surface area contributed by atoms with Gasteiger partial charge in [0.2, 0.25) is 0 Å². The van der Waals surface area contributed by atoms with Crippen LogP contribution in [0, 0.1) is 5.92 Å². The maximum Gasteiger partial charge on any atom is 0.320 e. The van der Waals surface area contributed by atoms with Crippen LogP contribution in [-0.4, -0.2) is 40.0 Å². The van der Waals surface area contributed by atoms with E-state index in [0.717, 1.165) is 0 Å². The number of carboxylic acids is 2. The Hall–Kier alpha value is -1.47. The van der Waals surface area contributed by atoms with E-state index in [0.29, 0.717) is 0 Å². The zero-order chi connectivity index (χ0) is 13.6. The van der Waals surface area contributed by atoms with Gasteiger partial charge in [0.1, 0.15) is 11.8 Å². The molecule has 0 amide bonds. The highest BCUT2D eigenvalue weighted by atomic mass is 16.4. The molecule has 0 aromatic carbocycles. The number of aliphatic carboxylic acids is 2. The van der Waals surface area contributed by atoms with Gasteiger partial charge in [0.15, 0.2) is 0 Å². The number of ketones is 1. The van der Waals surface area contributed by atoms with E-state index in [9.17, 15) is 14.4 Å². The Morgan fingerprint density at radius 1 is 1.18 bits per heavy atom. The van der Waals surface area contributed by atoms with E-state index in [4.69, 9.17) is 21.7 Å². The molecule has 7 heteroatoms. The predicted molar refractivity (Wildman–Crippen MR) is 59.2 cm³/mol. The molecule has 0 saturated carbocycles. The normalized spacial score (nSPS) is 15.9. The summed E-state index contributed by atoms with van der Waals surface area (Å²) in [5, 5.41) is 17.1. The van der Waals surface area contributed by atoms with Gasteiger partial charge in [-0.25, -0.2) is 0 Å². The molecule has 1 unspecified atom stereocenters. The number of nitrogens with two attached hydrogens (primary N) is 2. The minimum atomic E-state index is -1.18. The Kier molecular flexibility index (Phi) is 6.37. The number of carbonyl (C=O) groups excluding carboxylic acids is 1. The lowest BCUT2D eigenvalue weighted by atomic mass is 9.93. The van der Waals surface area contributed by atoms with Crippen molar-refractivity contribution in [3.05, 3.63) is 0 Å². The third-order valence-corrected chi connectivity index (χ3v) is 2.50. The maximum absolute atomic E-state index is 11.5. The standard InChI is InChI=1S/C10H18N2O5/c1-5(4-8(14)15)9(12)7(13)3-2-6(11)10(16)17/h5-6,9H,2-4,11-12H2,1H3,(H,14,15)(H,16,17)/t5?,6-,9+/m1/s1. The molecule has 0 bridgehead atoms. The van der Waals surface area contributed by atoms with E-state index in [2.05, 4.69) is 0 Å². The fraction of sp³-hybridized carbons (Fsp3) is 0.700. The lowest BCUT2D eigenvalue weighted by Crippen LogP contribution is -2.39. The van der Waals surface area contributed by atoms with Crippen LogP contribution in [0.2, 0.25) is 0 Å². The molecule has 98 valence electrons. The quantitative estimate of drug-likeness (QED) is 0.438. The lowest BCUT2D eigenvalue weighted by molar-refractivity contribution is -0.139. The molecule has 0 radical (unpaired) electrons. The number of hydrogen-bond donors (Lipinski definition) is 4. The number of hydrogen-bond acceptors (Lipinski definition) is 5. The van der Waals surface area contributed by atoms with Gasteiger partial charge in [-0.15, -0.1) is 0 Å². The van der Waals surface area contributed by atoms with Gasteiger partial charge in [0, 0.05) is 12.8 Å². The van der Waals surface area contributed by atoms with Gasteiger partial charge in [0.25, 0.3) is 0 Å². The minimum absolute atomic E-state index is 0.00164. The van der Waals surface area contributed by atoms with Crippen molar-refractivity contribution in [2.24, 2.45) is 17.4 Å². The molecule has 3 atom stereocenters. The molecule has 0 fully saturated rings. The van der Waals surface area contributed by atoms with Crippen LogP contribution in [0.15, 0.2) is 0 Å². The van der Waals surface area contributed by atoms with Crippen molar-refractivity contribution in [3.8, 4) is 0 Å². The van der Waals surface area contributed by atoms with Crippen LogP contribution in [0.5, 0.6) is 0 Å². The Balaban J connectivity index is 4.13. The number of carbonyl (C=O) groups is 3. The Labute approximate surface area is 98.8 Å². The van der Waals surface area contributed by atoms with E-state index in [1.807, 2.05) is 0 Å². The summed E-state index contributed by atoms with van der Waals surface area (Å²) in [5.41, 5.74) is 10.8. The third kappa shape index (κ3) is 5.98. The second kappa shape index (κ2) is 6.97. The summed E-state index contributed by atoms with van der Waals surface area (Å²) in [6.07, 6.45) is -0.252. The second-order valence-corrected chi connectivity index (χ2v) is 4.05. The summed E-state index contributed by atoms with van der Waals surface area (Å²) in [7, 11) is 0. The molecular formula is C10H18N2O5. The van der Waals surface area contributed by atoms with Crippen LogP contribution in [0.1, 0.15) is 26.2 Å². The number of Topliss-reactive ketones (excluding diaryl/α,β-unsaturated/α-hetero) is 1. The summed E-state index contributed by atoms with van der Waals surface area (Å²) in [4.78, 5) is 32.4. The fourth-order valence-corrected chi connectivity index (χ4v) is 1.31. The van der Waals surface area contributed by atoms with Crippen LogP contribution < -0.4 is 11.5 Å². The smallest absolute Gasteiger partial charge is 0.320 e. The molecule has 0 aliphatic rings. The topological polar surface area (TPSA) is 144 Å². The van der Waals surface area contributed by atoms with Crippen molar-refractivity contribution in [3.63, 3.8) is 0 Å². The van der Waals surface area contributed by atoms with Crippen LogP contribution >= 0.6 is 0 Å². The summed E-state index contributed by atoms with van der Waals surface area (Å²) in [6.45, 7) is 1.56. The summed E-state index contributed by atoms with van der Waals surface area (Å²) in [5.74, 6) is -3.05. The van der Waals surface area contributed by atoms with Gasteiger partial charge in [-0.05, 0) is 12.3 Å². The average molecular weight is 246 g/mol. The number of rotatable bonds is 8. The molecule has 0 spiro atoms. The molecule has 0 saturated heterocycles. The first-order valence-corrected chi connectivity index (χ1v) is 5.24. The Morgan fingerprint density at radius 3 is 2.12 bits per heavy atom. The van der Waals surface area contributed by atoms with E-state index in [1.54, 1.807) is 6.92 Å². The van der Waals surface area contributed by atoms with Gasteiger partial charge in [-0.3, -0.25) is 14.4 Å². The largest absolute Gasteiger partial charge is 0.481 e. The van der Waals surface area contributed by atoms with E-state index >= 15 is 0 Å². The lowest BCUT2D eigenvalue weighted by Gasteiger charge is -2.17. The van der Waals surface area contributed by atoms with Gasteiger partial charge in [0.05, 0.1) is 6.04 Å². The Morgan fingerprint density at radius 2 is 1.71 bits per heavy atom. The van der Waals surface area contributed by atoms with Crippen molar-refractivity contribution in [2.75, 3.05) is 0 Å². The average Bonchev–Trinajstić information content (AvgIpc) is 2.22. The molecule has 0 rings (SSSR count). The number of carboxylic acid groups (broad SMARTS) is 2. The Bertz CT molecular complexity index is 305. The molecule has 0 aromatic heterocycles. The minimum Gasteiger partial charge on any atom is -0.481 e. The van der Waals surface area contributed by atoms with Crippen molar-refractivity contribution in [2.45, 2.75) is 38.3 Å². The summed E-state index contributed by atoms with van der Waals surface area (Å²) in [6, 6.07) is -1.99. The van der Waals surface area contributed by atoms with Gasteiger partial charge < -0.3 is 21.7 Å². The first kappa shape index (κ1) is 15.5. The van der Waals surface area contributed by atoms with Crippen molar-refractivity contribution in [1.82, 2.24) is 0 Å². The van der Waals surface area contributed by atoms with E-state index < -0.39 is 29.9 Å². The predicted octanol–water partition coefficient (Wildman–Crippen LogP) is -0.814. The highest BCUT2D eigenvalue weighted by molar-refractivity contribution is 5.85. The first-order chi connectivity index (χ1) is 7.75. The van der Waals surface area contributed by atoms with Crippen molar-refractivity contribution >= 4 is 17.7 Å². The molecule has 0 aliphatic carbocycles. The zero-order valence-electron chi connectivity index (χ0n) is 9.63. The molecule has 0 aromatic rings. The van der Waals surface area contributed by atoms with E-state index in [-0.39, 0.29) is 25.0 Å². The second-order valence-electron chi connectivity index (χ2n) is 4.05. The third-order valence-electron chi connectivity index (χ3n) is 2.50. The molecule has 17 heavy (non-hydrogen) atoms. The summed E-state index contributed by atoms with van der Waals surface area (Å²) >= 11 is 0. The molecule has 7 nitrogen and oxygen atoms in total. The van der Waals surface area contributed by atoms with Crippen molar-refractivity contribution < 1.29 is 24.6 Å². The zero-order valence-corrected chi connectivity index (χ0v) is 9.63. The highest BCUT2D eigenvalue weighted by Gasteiger charge is 2.23. The molecular weight excluding hydrogens is 228 g/mol. The highest BCUT2D eigenvalue weighted by Crippen LogP contribution is 2.10. The molecule has 0 aliphatic heterocycles. The van der Waals surface area contributed by atoms with Crippen molar-refractivity contribution in [1.29, 1.82) is 0 Å². The van der Waals surface area contributed by atoms with Crippen LogP contribution in [0.25, 0.3) is 0 Å². The fourth-order valence-electron chi connectivity index (χ4n) is 1.31. The summed E-state index contributed by atoms with van der Waals surface area (Å²) < 4.78 is 0. The monoisotopic (exact) mass is 246 g/mol. The van der Waals surface area contributed by atoms with Crippen LogP contribution in [0.3, 0.4) is 0 Å². The van der Waals surface area contributed by atoms with Gasteiger partial charge >= 0.3 is 11.9 Å². The molecule has 0 heterocycles. The molecule has 6 N–H and O–H groups in total. The van der Waals surface area contributed by atoms with E-state index in [1.165, 1.54) is 0 Å². The van der Waals surface area contributed by atoms with Crippen LogP contribution in [-0.2, 0) is 14.4 Å². The van der Waals surface area contributed by atoms with Gasteiger partial charge in [-0.1, -0.05) is 6.92 Å². The first-order valence-electron chi connectivity index (χ1n) is 5.24. The maximum atomic E-state index is 11.5. The van der Waals surface area contributed by atoms with Crippen LogP contribution in [0.4, 0.5) is 0 Å².